The first-order valence-corrected chi connectivity index (χ1v) is 17.0. The molecule has 4 nitrogen and oxygen atoms in total. The monoisotopic (exact) mass is 638 g/mol. The lowest BCUT2D eigenvalue weighted by atomic mass is 9.65. The Kier molecular flexibility index (Phi) is 6.27. The Hall–Kier alpha value is -6.52. The van der Waals surface area contributed by atoms with Gasteiger partial charge < -0.3 is 0 Å². The van der Waals surface area contributed by atoms with Crippen molar-refractivity contribution in [2.45, 2.75) is 12.3 Å². The van der Waals surface area contributed by atoms with Crippen molar-refractivity contribution in [1.29, 1.82) is 0 Å². The molecule has 2 heterocycles. The van der Waals surface area contributed by atoms with E-state index in [0.717, 1.165) is 16.7 Å². The fourth-order valence-corrected chi connectivity index (χ4v) is 8.15. The van der Waals surface area contributed by atoms with Crippen molar-refractivity contribution in [3.05, 3.63) is 192 Å². The molecule has 1 spiro atoms. The molecular weight excluding hydrogens is 609 g/mol. The lowest BCUT2D eigenvalue weighted by Gasteiger charge is -2.35. The fourth-order valence-electron chi connectivity index (χ4n) is 8.15. The van der Waals surface area contributed by atoms with Crippen molar-refractivity contribution in [2.75, 3.05) is 0 Å². The summed E-state index contributed by atoms with van der Waals surface area (Å²) in [6, 6.07) is 54.7. The maximum atomic E-state index is 5.16. The van der Waals surface area contributed by atoms with Gasteiger partial charge in [-0.05, 0) is 80.8 Å². The van der Waals surface area contributed by atoms with E-state index in [9.17, 15) is 0 Å². The maximum absolute atomic E-state index is 5.16. The van der Waals surface area contributed by atoms with Crippen LogP contribution < -0.4 is 0 Å². The minimum atomic E-state index is -0.575. The fraction of sp³-hybridized carbons (Fsp3) is 0.0435. The van der Waals surface area contributed by atoms with E-state index >= 15 is 0 Å². The molecule has 0 amide bonds. The number of benzene rings is 6. The Morgan fingerprint density at radius 1 is 0.360 bits per heavy atom. The normalized spacial score (nSPS) is 13.1. The largest absolute Gasteiger partial charge is 0.265 e. The van der Waals surface area contributed by atoms with Crippen molar-refractivity contribution in [3.63, 3.8) is 0 Å². The van der Waals surface area contributed by atoms with Gasteiger partial charge in [-0.25, -0.2) is 15.0 Å². The van der Waals surface area contributed by atoms with E-state index in [1.807, 2.05) is 12.1 Å². The highest BCUT2D eigenvalue weighted by atomic mass is 15.0. The van der Waals surface area contributed by atoms with Gasteiger partial charge in [0, 0.05) is 29.1 Å². The zero-order chi connectivity index (χ0) is 33.2. The number of hydrogen-bond acceptors (Lipinski definition) is 4. The van der Waals surface area contributed by atoms with Crippen LogP contribution in [0.25, 0.3) is 67.5 Å². The smallest absolute Gasteiger partial charge is 0.164 e. The van der Waals surface area contributed by atoms with Gasteiger partial charge in [0.05, 0.1) is 5.41 Å². The molecule has 0 atom stereocenters. The number of rotatable bonds is 3. The molecule has 2 aliphatic rings. The van der Waals surface area contributed by atoms with Crippen molar-refractivity contribution < 1.29 is 0 Å². The van der Waals surface area contributed by atoms with Gasteiger partial charge in [-0.3, -0.25) is 4.98 Å². The summed E-state index contributed by atoms with van der Waals surface area (Å²) in [4.78, 5) is 19.5. The van der Waals surface area contributed by atoms with Crippen LogP contribution in [0.4, 0.5) is 0 Å². The predicted molar refractivity (Wildman–Crippen MR) is 200 cm³/mol. The van der Waals surface area contributed by atoms with E-state index in [1.165, 1.54) is 61.2 Å². The molecule has 0 saturated carbocycles. The first-order chi connectivity index (χ1) is 24.7. The van der Waals surface area contributed by atoms with Crippen LogP contribution in [-0.2, 0) is 5.41 Å². The third-order valence-electron chi connectivity index (χ3n) is 10.4. The average Bonchev–Trinajstić information content (AvgIpc) is 3.43. The van der Waals surface area contributed by atoms with Crippen LogP contribution in [-0.4, -0.2) is 19.9 Å². The number of aromatic nitrogens is 4. The predicted octanol–water partition coefficient (Wildman–Crippen LogP) is 10.6. The summed E-state index contributed by atoms with van der Waals surface area (Å²) in [5, 5.41) is 0. The molecule has 10 rings (SSSR count). The van der Waals surface area contributed by atoms with E-state index in [2.05, 4.69) is 151 Å². The van der Waals surface area contributed by atoms with Gasteiger partial charge in [-0.2, -0.15) is 0 Å². The highest BCUT2D eigenvalue weighted by Crippen LogP contribution is 2.61. The second kappa shape index (κ2) is 11.0. The molecule has 0 aliphatic heterocycles. The third-order valence-corrected chi connectivity index (χ3v) is 10.4. The molecule has 4 heteroatoms. The van der Waals surface area contributed by atoms with Gasteiger partial charge in [-0.15, -0.1) is 0 Å². The van der Waals surface area contributed by atoms with Crippen LogP contribution in [0.15, 0.2) is 164 Å². The molecule has 2 aromatic heterocycles. The average molecular weight is 639 g/mol. The first-order valence-electron chi connectivity index (χ1n) is 17.0. The summed E-state index contributed by atoms with van der Waals surface area (Å²) < 4.78 is 0. The molecule has 0 bridgehead atoms. The minimum Gasteiger partial charge on any atom is -0.265 e. The summed E-state index contributed by atoms with van der Waals surface area (Å²) >= 11 is 0. The quantitative estimate of drug-likeness (QED) is 0.193. The number of fused-ring (bicyclic) bond motifs is 12. The molecule has 6 aromatic carbocycles. The molecule has 50 heavy (non-hydrogen) atoms. The van der Waals surface area contributed by atoms with Crippen molar-refractivity contribution in [1.82, 2.24) is 19.9 Å². The van der Waals surface area contributed by atoms with Crippen LogP contribution in [0.2, 0.25) is 0 Å². The van der Waals surface area contributed by atoms with Gasteiger partial charge in [0.15, 0.2) is 17.5 Å². The molecule has 0 fully saturated rings. The van der Waals surface area contributed by atoms with Crippen LogP contribution in [0.3, 0.4) is 0 Å². The van der Waals surface area contributed by atoms with E-state index in [1.54, 1.807) is 12.4 Å². The standard InChI is InChI=1S/C46H30N4/c1-29-18-20-30(21-19-29)43-48-44(31-24-26-47-27-25-31)50-45(49-43)32-22-23-38-34-11-3-2-10-33(34)35-12-4-7-15-39(35)46(42(38)28-32)40-16-8-5-13-36(40)37-14-6-9-17-41(37)46/h2-28H,1H3. The number of aryl methyl sites for hydroxylation is 1. The van der Waals surface area contributed by atoms with E-state index < -0.39 is 5.41 Å². The second-order valence-corrected chi connectivity index (χ2v) is 13.1. The van der Waals surface area contributed by atoms with Gasteiger partial charge in [-0.1, -0.05) is 139 Å². The van der Waals surface area contributed by atoms with Crippen molar-refractivity contribution >= 4 is 0 Å². The van der Waals surface area contributed by atoms with Crippen LogP contribution in [0.1, 0.15) is 27.8 Å². The molecular formula is C46H30N4. The number of hydrogen-bond donors (Lipinski definition) is 0. The second-order valence-electron chi connectivity index (χ2n) is 13.1. The molecule has 0 radical (unpaired) electrons. The van der Waals surface area contributed by atoms with E-state index in [-0.39, 0.29) is 0 Å². The topological polar surface area (TPSA) is 51.6 Å². The Bertz CT molecular complexity index is 2560. The Labute approximate surface area is 290 Å². The summed E-state index contributed by atoms with van der Waals surface area (Å²) in [7, 11) is 0. The zero-order valence-corrected chi connectivity index (χ0v) is 27.4. The highest BCUT2D eigenvalue weighted by Gasteiger charge is 2.49. The highest BCUT2D eigenvalue weighted by molar-refractivity contribution is 5.97. The van der Waals surface area contributed by atoms with E-state index in [4.69, 9.17) is 15.0 Å². The van der Waals surface area contributed by atoms with Crippen LogP contribution >= 0.6 is 0 Å². The number of pyridine rings is 1. The van der Waals surface area contributed by atoms with Gasteiger partial charge in [0.25, 0.3) is 0 Å². The minimum absolute atomic E-state index is 0.575. The van der Waals surface area contributed by atoms with Crippen LogP contribution in [0, 0.1) is 6.92 Å². The summed E-state index contributed by atoms with van der Waals surface area (Å²) in [6.45, 7) is 2.09. The number of nitrogens with zero attached hydrogens (tertiary/aromatic N) is 4. The lowest BCUT2D eigenvalue weighted by Crippen LogP contribution is -2.29. The van der Waals surface area contributed by atoms with Gasteiger partial charge >= 0.3 is 0 Å². The van der Waals surface area contributed by atoms with Crippen molar-refractivity contribution in [2.24, 2.45) is 0 Å². The lowest BCUT2D eigenvalue weighted by molar-refractivity contribution is 0.775. The van der Waals surface area contributed by atoms with Crippen molar-refractivity contribution in [3.8, 4) is 67.5 Å². The molecule has 0 saturated heterocycles. The van der Waals surface area contributed by atoms with Gasteiger partial charge in [0.1, 0.15) is 0 Å². The zero-order valence-electron chi connectivity index (χ0n) is 27.4. The Balaban J connectivity index is 1.31. The summed E-state index contributed by atoms with van der Waals surface area (Å²) in [5.74, 6) is 1.88. The molecule has 8 aromatic rings. The Morgan fingerprint density at radius 3 is 1.30 bits per heavy atom. The molecule has 0 unspecified atom stereocenters. The first kappa shape index (κ1) is 28.5. The SMILES string of the molecule is Cc1ccc(-c2nc(-c3ccncc3)nc(-c3ccc4c(c3)C3(c5ccccc5-c5ccccc5-4)c4ccccc4-c4ccccc43)n2)cc1. The molecule has 0 N–H and O–H groups in total. The maximum Gasteiger partial charge on any atom is 0.164 e. The Morgan fingerprint density at radius 2 is 0.760 bits per heavy atom. The van der Waals surface area contributed by atoms with Gasteiger partial charge in [0.2, 0.25) is 0 Å². The summed E-state index contributed by atoms with van der Waals surface area (Å²) in [5.41, 5.74) is 15.9. The van der Waals surface area contributed by atoms with E-state index in [0.29, 0.717) is 17.5 Å². The molecule has 234 valence electrons. The summed E-state index contributed by atoms with van der Waals surface area (Å²) in [6.07, 6.45) is 3.56. The van der Waals surface area contributed by atoms with Crippen LogP contribution in [0.5, 0.6) is 0 Å². The third kappa shape index (κ3) is 4.12. The molecule has 2 aliphatic carbocycles.